The van der Waals surface area contributed by atoms with Gasteiger partial charge in [0.2, 0.25) is 0 Å². The van der Waals surface area contributed by atoms with Crippen LogP contribution < -0.4 is 0 Å². The number of benzene rings is 5. The van der Waals surface area contributed by atoms with Gasteiger partial charge in [-0.1, -0.05) is 94.8 Å². The summed E-state index contributed by atoms with van der Waals surface area (Å²) in [6.45, 7) is 0. The average Bonchev–Trinajstić information content (AvgIpc) is 3.50. The molecule has 0 radical (unpaired) electrons. The number of thiophene rings is 1. The lowest BCUT2D eigenvalue weighted by atomic mass is 10.1. The fraction of sp³-hybridized carbons (Fsp3) is 0. The molecule has 3 heterocycles. The van der Waals surface area contributed by atoms with Gasteiger partial charge in [-0.15, -0.1) is 11.3 Å². The Bertz CT molecular complexity index is 2160. The SMILES string of the molecule is Brc1cc2c3ccccc3n(-c3nc(-c4ccccc4)nc4ccccc34)c2c2sc3ccccc3c12. The van der Waals surface area contributed by atoms with E-state index in [2.05, 4.69) is 105 Å². The summed E-state index contributed by atoms with van der Waals surface area (Å²) in [6, 6.07) is 38.1. The van der Waals surface area contributed by atoms with Gasteiger partial charge in [-0.25, -0.2) is 9.97 Å². The number of aromatic nitrogens is 3. The van der Waals surface area contributed by atoms with Crippen molar-refractivity contribution in [2.24, 2.45) is 0 Å². The van der Waals surface area contributed by atoms with Crippen LogP contribution in [0.5, 0.6) is 0 Å². The lowest BCUT2D eigenvalue weighted by Crippen LogP contribution is -2.02. The molecule has 0 N–H and O–H groups in total. The van der Waals surface area contributed by atoms with Gasteiger partial charge in [0.25, 0.3) is 0 Å². The average molecular weight is 556 g/mol. The van der Waals surface area contributed by atoms with Crippen LogP contribution in [0.15, 0.2) is 114 Å². The van der Waals surface area contributed by atoms with Gasteiger partial charge in [0.05, 0.1) is 21.3 Å². The molecule has 0 saturated heterocycles. The van der Waals surface area contributed by atoms with Gasteiger partial charge in [-0.3, -0.25) is 4.57 Å². The summed E-state index contributed by atoms with van der Waals surface area (Å²) in [5, 5.41) is 5.97. The summed E-state index contributed by atoms with van der Waals surface area (Å²) < 4.78 is 6.00. The minimum Gasteiger partial charge on any atom is -0.292 e. The van der Waals surface area contributed by atoms with Crippen molar-refractivity contribution < 1.29 is 0 Å². The molecule has 8 aromatic rings. The van der Waals surface area contributed by atoms with E-state index < -0.39 is 0 Å². The van der Waals surface area contributed by atoms with Crippen molar-refractivity contribution in [3.8, 4) is 17.2 Å². The van der Waals surface area contributed by atoms with Gasteiger partial charge in [0, 0.05) is 41.7 Å². The van der Waals surface area contributed by atoms with Crippen LogP contribution in [-0.4, -0.2) is 14.5 Å². The van der Waals surface area contributed by atoms with Crippen LogP contribution in [0.25, 0.3) is 70.1 Å². The Morgan fingerprint density at radius 3 is 2.22 bits per heavy atom. The van der Waals surface area contributed by atoms with E-state index in [1.54, 1.807) is 0 Å². The first-order valence-corrected chi connectivity index (χ1v) is 13.7. The Morgan fingerprint density at radius 2 is 1.35 bits per heavy atom. The van der Waals surface area contributed by atoms with E-state index in [0.29, 0.717) is 0 Å². The Hall–Kier alpha value is -4.06. The number of hydrogen-bond donors (Lipinski definition) is 0. The summed E-state index contributed by atoms with van der Waals surface area (Å²) in [6.07, 6.45) is 0. The van der Waals surface area contributed by atoms with E-state index in [-0.39, 0.29) is 0 Å². The summed E-state index contributed by atoms with van der Waals surface area (Å²) in [4.78, 5) is 10.2. The number of nitrogens with zero attached hydrogens (tertiary/aromatic N) is 3. The molecule has 3 nitrogen and oxygen atoms in total. The minimum absolute atomic E-state index is 0.727. The predicted molar refractivity (Wildman–Crippen MR) is 160 cm³/mol. The maximum absolute atomic E-state index is 5.24. The first-order chi connectivity index (χ1) is 18.3. The van der Waals surface area contributed by atoms with Crippen molar-refractivity contribution in [1.82, 2.24) is 14.5 Å². The molecule has 0 atom stereocenters. The lowest BCUT2D eigenvalue weighted by Gasteiger charge is -2.13. The maximum atomic E-state index is 5.24. The van der Waals surface area contributed by atoms with E-state index in [1.807, 2.05) is 35.6 Å². The van der Waals surface area contributed by atoms with Crippen molar-refractivity contribution >= 4 is 80.1 Å². The van der Waals surface area contributed by atoms with Gasteiger partial charge in [-0.2, -0.15) is 0 Å². The van der Waals surface area contributed by atoms with E-state index >= 15 is 0 Å². The smallest absolute Gasteiger partial charge is 0.162 e. The zero-order valence-corrected chi connectivity index (χ0v) is 21.9. The second-order valence-corrected chi connectivity index (χ2v) is 11.1. The van der Waals surface area contributed by atoms with Crippen LogP contribution >= 0.6 is 27.3 Å². The molecule has 0 amide bonds. The number of halogens is 1. The summed E-state index contributed by atoms with van der Waals surface area (Å²) >= 11 is 5.76. The van der Waals surface area contributed by atoms with Crippen LogP contribution in [0.2, 0.25) is 0 Å². The van der Waals surface area contributed by atoms with Gasteiger partial charge < -0.3 is 0 Å². The largest absolute Gasteiger partial charge is 0.292 e. The summed E-state index contributed by atoms with van der Waals surface area (Å²) in [5.41, 5.74) is 4.26. The third-order valence-corrected chi connectivity index (χ3v) is 8.86. The highest BCUT2D eigenvalue weighted by molar-refractivity contribution is 9.10. The van der Waals surface area contributed by atoms with Crippen molar-refractivity contribution in [2.75, 3.05) is 0 Å². The number of rotatable bonds is 2. The van der Waals surface area contributed by atoms with Crippen molar-refractivity contribution in [2.45, 2.75) is 0 Å². The predicted octanol–water partition coefficient (Wildman–Crippen LogP) is 9.52. The third-order valence-electron chi connectivity index (χ3n) is 7.06. The quantitative estimate of drug-likeness (QED) is 0.212. The van der Waals surface area contributed by atoms with Gasteiger partial charge in [-0.05, 0) is 30.3 Å². The molecule has 5 heteroatoms. The second-order valence-electron chi connectivity index (χ2n) is 9.16. The van der Waals surface area contributed by atoms with Crippen LogP contribution in [0.4, 0.5) is 0 Å². The highest BCUT2D eigenvalue weighted by Crippen LogP contribution is 2.46. The van der Waals surface area contributed by atoms with Crippen LogP contribution in [0.3, 0.4) is 0 Å². The molecule has 37 heavy (non-hydrogen) atoms. The Labute approximate surface area is 224 Å². The van der Waals surface area contributed by atoms with Gasteiger partial charge in [0.15, 0.2) is 5.82 Å². The van der Waals surface area contributed by atoms with E-state index in [0.717, 1.165) is 38.1 Å². The zero-order valence-electron chi connectivity index (χ0n) is 19.5. The van der Waals surface area contributed by atoms with Crippen LogP contribution in [0, 0.1) is 0 Å². The maximum Gasteiger partial charge on any atom is 0.162 e. The molecule has 0 unspecified atom stereocenters. The number of para-hydroxylation sites is 2. The lowest BCUT2D eigenvalue weighted by molar-refractivity contribution is 1.08. The normalized spacial score (nSPS) is 11.9. The molecule has 0 spiro atoms. The molecule has 0 aliphatic rings. The van der Waals surface area contributed by atoms with E-state index in [1.165, 1.54) is 36.5 Å². The Morgan fingerprint density at radius 1 is 0.649 bits per heavy atom. The fourth-order valence-corrected chi connectivity index (χ4v) is 7.49. The summed E-state index contributed by atoms with van der Waals surface area (Å²) in [7, 11) is 0. The van der Waals surface area contributed by atoms with E-state index in [9.17, 15) is 0 Å². The molecule has 8 rings (SSSR count). The standard InChI is InChI=1S/C32H18BrN3S/c33-24-18-23-20-12-5-8-16-26(20)36(29(23)30-28(24)22-14-6-9-17-27(22)37-30)32-21-13-4-7-15-25(21)34-31(35-32)19-10-2-1-3-11-19/h1-18H. The highest BCUT2D eigenvalue weighted by atomic mass is 79.9. The molecule has 3 aromatic heterocycles. The van der Waals surface area contributed by atoms with Crippen molar-refractivity contribution in [3.63, 3.8) is 0 Å². The Balaban J connectivity index is 1.61. The molecule has 0 aliphatic heterocycles. The number of fused-ring (bicyclic) bond motifs is 8. The highest BCUT2D eigenvalue weighted by Gasteiger charge is 2.22. The Kier molecular flexibility index (Phi) is 4.54. The van der Waals surface area contributed by atoms with Crippen LogP contribution in [0.1, 0.15) is 0 Å². The molecule has 174 valence electrons. The molecular weight excluding hydrogens is 538 g/mol. The van der Waals surface area contributed by atoms with Gasteiger partial charge in [0.1, 0.15) is 5.82 Å². The summed E-state index contributed by atoms with van der Waals surface area (Å²) in [5.74, 6) is 1.63. The second kappa shape index (κ2) is 7.97. The molecule has 0 saturated carbocycles. The minimum atomic E-state index is 0.727. The third kappa shape index (κ3) is 3.05. The zero-order chi connectivity index (χ0) is 24.5. The topological polar surface area (TPSA) is 30.7 Å². The van der Waals surface area contributed by atoms with Gasteiger partial charge >= 0.3 is 0 Å². The van der Waals surface area contributed by atoms with Crippen LogP contribution in [-0.2, 0) is 0 Å². The molecule has 0 bridgehead atoms. The molecule has 0 fully saturated rings. The van der Waals surface area contributed by atoms with Crippen molar-refractivity contribution in [1.29, 1.82) is 0 Å². The fourth-order valence-electron chi connectivity index (χ4n) is 5.45. The first-order valence-electron chi connectivity index (χ1n) is 12.1. The monoisotopic (exact) mass is 555 g/mol. The molecule has 5 aromatic carbocycles. The first kappa shape index (κ1) is 21.1. The number of hydrogen-bond acceptors (Lipinski definition) is 3. The molecule has 0 aliphatic carbocycles. The van der Waals surface area contributed by atoms with Crippen molar-refractivity contribution in [3.05, 3.63) is 114 Å². The van der Waals surface area contributed by atoms with E-state index in [4.69, 9.17) is 9.97 Å². The molecular formula is C32H18BrN3S.